The van der Waals surface area contributed by atoms with Gasteiger partial charge >= 0.3 is 175 Å². The summed E-state index contributed by atoms with van der Waals surface area (Å²) in [6, 6.07) is 44.3. The van der Waals surface area contributed by atoms with Crippen LogP contribution in [-0.2, 0) is 22.4 Å². The van der Waals surface area contributed by atoms with E-state index in [-0.39, 0.29) is 0 Å². The van der Waals surface area contributed by atoms with Gasteiger partial charge in [-0.15, -0.1) is 0 Å². The van der Waals surface area contributed by atoms with E-state index >= 15 is 0 Å². The molecule has 0 aromatic heterocycles. The molecule has 0 radical (unpaired) electrons. The Hall–Kier alpha value is -2.11. The summed E-state index contributed by atoms with van der Waals surface area (Å²) in [7, 11) is 0. The summed E-state index contributed by atoms with van der Waals surface area (Å²) in [6.07, 6.45) is 0. The Kier molecular flexibility index (Phi) is 7.07. The van der Waals surface area contributed by atoms with E-state index in [9.17, 15) is 0 Å². The van der Waals surface area contributed by atoms with Gasteiger partial charge in [-0.2, -0.15) is 0 Å². The zero-order valence-corrected chi connectivity index (χ0v) is 18.8. The third-order valence-corrected chi connectivity index (χ3v) is 14.9. The first-order valence-electron chi connectivity index (χ1n) is 8.80. The first kappa shape index (κ1) is 19.6. The van der Waals surface area contributed by atoms with Crippen LogP contribution < -0.4 is 17.4 Å². The standard InChI is InChI=1S/C24H21As.O.Tc/c1-5-13-21(14-6-1)25(22-15-7-2-8-16-22,23-17-9-3-10-18-23)24-19-11-4-12-20-24;;/h1-20,25H;;. The molecule has 3 heteroatoms. The fraction of sp³-hybridized carbons (Fsp3) is 0. The molecule has 4 aromatic rings. The van der Waals surface area contributed by atoms with Crippen molar-refractivity contribution in [2.24, 2.45) is 0 Å². The van der Waals surface area contributed by atoms with Crippen molar-refractivity contribution in [3.05, 3.63) is 121 Å². The summed E-state index contributed by atoms with van der Waals surface area (Å²) >= 11 is -2.09. The quantitative estimate of drug-likeness (QED) is 0.396. The Balaban J connectivity index is 0.00000102. The Morgan fingerprint density at radius 3 is 0.741 bits per heavy atom. The minimum atomic E-state index is -2.99. The number of hydrogen-bond acceptors (Lipinski definition) is 1. The van der Waals surface area contributed by atoms with Gasteiger partial charge in [0.25, 0.3) is 0 Å². The molecule has 135 valence electrons. The second-order valence-electron chi connectivity index (χ2n) is 6.21. The molecule has 0 bridgehead atoms. The second kappa shape index (κ2) is 9.72. The molecule has 0 unspecified atom stereocenters. The van der Waals surface area contributed by atoms with E-state index in [2.05, 4.69) is 121 Å². The first-order chi connectivity index (χ1) is 13.4. The van der Waals surface area contributed by atoms with Gasteiger partial charge in [-0.05, 0) is 0 Å². The fourth-order valence-corrected chi connectivity index (χ4v) is 13.8. The normalized spacial score (nSPS) is 11.1. The van der Waals surface area contributed by atoms with Gasteiger partial charge < -0.3 is 0 Å². The SMILES string of the molecule is [O]=[Tc].c1ccc([AsH](c2ccccc2)(c2ccccc2)c2ccccc2)cc1. The zero-order chi connectivity index (χ0) is 19.0. The summed E-state index contributed by atoms with van der Waals surface area (Å²) < 4.78 is 14.1. The predicted molar refractivity (Wildman–Crippen MR) is 112 cm³/mol. The van der Waals surface area contributed by atoms with E-state index in [4.69, 9.17) is 3.50 Å². The van der Waals surface area contributed by atoms with Crippen LogP contribution in [0.3, 0.4) is 0 Å². The average Bonchev–Trinajstić information content (AvgIpc) is 2.79. The number of rotatable bonds is 4. The van der Waals surface area contributed by atoms with Crippen LogP contribution in [-0.4, -0.2) is 13.6 Å². The molecule has 0 atom stereocenters. The van der Waals surface area contributed by atoms with Gasteiger partial charge in [0, 0.05) is 0 Å². The van der Waals surface area contributed by atoms with Gasteiger partial charge in [0.15, 0.2) is 0 Å². The van der Waals surface area contributed by atoms with Crippen molar-refractivity contribution in [1.29, 1.82) is 0 Å². The molecule has 0 spiro atoms. The Labute approximate surface area is 174 Å². The molecular formula is C24H21AsOTc. The summed E-state index contributed by atoms with van der Waals surface area (Å²) in [5.74, 6) is 0. The maximum atomic E-state index is 8.22. The molecule has 27 heavy (non-hydrogen) atoms. The summed E-state index contributed by atoms with van der Waals surface area (Å²) in [5, 5.41) is 0. The molecule has 0 saturated carbocycles. The summed E-state index contributed by atoms with van der Waals surface area (Å²) in [4.78, 5) is 0. The Morgan fingerprint density at radius 1 is 0.370 bits per heavy atom. The second-order valence-corrected chi connectivity index (χ2v) is 14.2. The van der Waals surface area contributed by atoms with Crippen LogP contribution in [0.4, 0.5) is 0 Å². The van der Waals surface area contributed by atoms with Gasteiger partial charge in [-0.3, -0.25) is 0 Å². The predicted octanol–water partition coefficient (Wildman–Crippen LogP) is 2.68. The molecule has 0 fully saturated rings. The summed E-state index contributed by atoms with van der Waals surface area (Å²) in [5.41, 5.74) is 0. The van der Waals surface area contributed by atoms with Gasteiger partial charge in [-0.1, -0.05) is 0 Å². The summed E-state index contributed by atoms with van der Waals surface area (Å²) in [6.45, 7) is 0. The molecule has 0 aliphatic rings. The zero-order valence-electron chi connectivity index (χ0n) is 14.8. The van der Waals surface area contributed by atoms with Crippen LogP contribution in [0.2, 0.25) is 0 Å². The number of benzene rings is 4. The molecule has 0 amide bonds. The third-order valence-electron chi connectivity index (χ3n) is 4.83. The topological polar surface area (TPSA) is 17.1 Å². The number of hydrogen-bond donors (Lipinski definition) is 0. The van der Waals surface area contributed by atoms with Crippen LogP contribution in [0.25, 0.3) is 0 Å². The van der Waals surface area contributed by atoms with Crippen LogP contribution in [0.5, 0.6) is 0 Å². The fourth-order valence-electron chi connectivity index (χ4n) is 3.75. The Morgan fingerprint density at radius 2 is 0.556 bits per heavy atom. The van der Waals surface area contributed by atoms with E-state index in [0.717, 1.165) is 18.9 Å². The van der Waals surface area contributed by atoms with Crippen molar-refractivity contribution in [2.75, 3.05) is 0 Å². The molecule has 0 aliphatic carbocycles. The van der Waals surface area contributed by atoms with Gasteiger partial charge in [-0.25, -0.2) is 0 Å². The Bertz CT molecular complexity index is 781. The van der Waals surface area contributed by atoms with Crippen molar-refractivity contribution in [2.45, 2.75) is 0 Å². The molecule has 4 rings (SSSR count). The molecular weight excluding hydrogens is 477 g/mol. The molecule has 0 saturated heterocycles. The van der Waals surface area contributed by atoms with E-state index in [1.54, 1.807) is 0 Å². The van der Waals surface area contributed by atoms with Crippen molar-refractivity contribution in [3.8, 4) is 0 Å². The third kappa shape index (κ3) is 3.94. The van der Waals surface area contributed by atoms with Crippen LogP contribution in [0.1, 0.15) is 0 Å². The molecule has 1 nitrogen and oxygen atoms in total. The van der Waals surface area contributed by atoms with Crippen molar-refractivity contribution >= 4 is 31.0 Å². The van der Waals surface area contributed by atoms with E-state index in [1.807, 2.05) is 0 Å². The van der Waals surface area contributed by atoms with Gasteiger partial charge in [0.05, 0.1) is 0 Å². The van der Waals surface area contributed by atoms with Crippen LogP contribution in [0, 0.1) is 0 Å². The molecule has 0 heterocycles. The van der Waals surface area contributed by atoms with Crippen molar-refractivity contribution in [3.63, 3.8) is 0 Å². The van der Waals surface area contributed by atoms with Crippen molar-refractivity contribution in [1.82, 2.24) is 0 Å². The van der Waals surface area contributed by atoms with Crippen molar-refractivity contribution < 1.29 is 22.4 Å². The van der Waals surface area contributed by atoms with E-state index in [1.165, 1.54) is 17.4 Å². The average molecular weight is 498 g/mol. The van der Waals surface area contributed by atoms with E-state index < -0.39 is 13.6 Å². The van der Waals surface area contributed by atoms with Gasteiger partial charge in [0.2, 0.25) is 0 Å². The van der Waals surface area contributed by atoms with E-state index in [0.29, 0.717) is 0 Å². The molecule has 0 aliphatic heterocycles. The maximum absolute atomic E-state index is 8.22. The van der Waals surface area contributed by atoms with Crippen LogP contribution >= 0.6 is 0 Å². The molecule has 0 N–H and O–H groups in total. The first-order valence-corrected chi connectivity index (χ1v) is 13.8. The van der Waals surface area contributed by atoms with Crippen LogP contribution in [0.15, 0.2) is 121 Å². The molecule has 4 aromatic carbocycles. The van der Waals surface area contributed by atoms with Gasteiger partial charge in [0.1, 0.15) is 0 Å². The minimum absolute atomic E-state index is 0.900. The monoisotopic (exact) mass is 497 g/mol.